The van der Waals surface area contributed by atoms with Crippen molar-refractivity contribution in [1.29, 1.82) is 10.5 Å². The van der Waals surface area contributed by atoms with Crippen LogP contribution in [0.1, 0.15) is 44.5 Å². The number of pyridine rings is 1. The van der Waals surface area contributed by atoms with Crippen molar-refractivity contribution in [1.82, 2.24) is 4.98 Å². The molecule has 0 saturated carbocycles. The molecule has 0 aliphatic heterocycles. The van der Waals surface area contributed by atoms with Crippen LogP contribution in [0.4, 0.5) is 34.1 Å². The monoisotopic (exact) mass is 819 g/mol. The molecule has 12 rings (SSSR count). The predicted octanol–water partition coefficient (Wildman–Crippen LogP) is 14.6. The van der Waals surface area contributed by atoms with Gasteiger partial charge in [-0.25, -0.2) is 0 Å². The van der Waals surface area contributed by atoms with Gasteiger partial charge in [-0.2, -0.15) is 10.5 Å². The Morgan fingerprint density at radius 3 is 1.72 bits per heavy atom. The number of aromatic nitrogens is 1. The summed E-state index contributed by atoms with van der Waals surface area (Å²) in [6, 6.07) is 68.0. The minimum Gasteiger partial charge on any atom is -0.455 e. The Labute approximate surface area is 370 Å². The summed E-state index contributed by atoms with van der Waals surface area (Å²) in [4.78, 5) is 9.70. The van der Waals surface area contributed by atoms with E-state index >= 15 is 0 Å². The van der Waals surface area contributed by atoms with E-state index in [9.17, 15) is 10.5 Å². The topological polar surface area (TPSA) is 80.1 Å². The lowest BCUT2D eigenvalue weighted by molar-refractivity contribution is 0.669. The van der Waals surface area contributed by atoms with Gasteiger partial charge >= 0.3 is 0 Å². The first-order valence-corrected chi connectivity index (χ1v) is 21.4. The van der Waals surface area contributed by atoms with E-state index in [0.717, 1.165) is 106 Å². The zero-order valence-corrected chi connectivity index (χ0v) is 35.0. The van der Waals surface area contributed by atoms with Crippen LogP contribution in [0.5, 0.6) is 0 Å². The van der Waals surface area contributed by atoms with Crippen molar-refractivity contribution in [3.8, 4) is 34.5 Å². The fraction of sp³-hybridized carbons (Fsp3) is 0.0517. The van der Waals surface area contributed by atoms with E-state index in [-0.39, 0.29) is 0 Å². The molecule has 1 spiro atoms. The molecule has 8 aromatic carbocycles. The highest BCUT2D eigenvalue weighted by Gasteiger charge is 2.54. The van der Waals surface area contributed by atoms with E-state index in [1.54, 1.807) is 0 Å². The average Bonchev–Trinajstić information content (AvgIpc) is 3.98. The molecule has 0 saturated heterocycles. The van der Waals surface area contributed by atoms with Gasteiger partial charge in [0.25, 0.3) is 0 Å². The summed E-state index contributed by atoms with van der Waals surface area (Å²) in [5.74, 6) is 0. The van der Waals surface area contributed by atoms with Crippen molar-refractivity contribution in [2.45, 2.75) is 19.3 Å². The number of para-hydroxylation sites is 1. The third-order valence-electron chi connectivity index (χ3n) is 13.1. The summed E-state index contributed by atoms with van der Waals surface area (Å²) in [5, 5.41) is 21.6. The Kier molecular flexibility index (Phi) is 8.21. The number of hydrogen-bond acceptors (Lipinski definition) is 6. The van der Waals surface area contributed by atoms with Gasteiger partial charge in [0.15, 0.2) is 0 Å². The van der Waals surface area contributed by atoms with Crippen LogP contribution in [0.3, 0.4) is 0 Å². The first-order chi connectivity index (χ1) is 31.5. The molecule has 2 aromatic heterocycles. The Balaban J connectivity index is 1.22. The van der Waals surface area contributed by atoms with Crippen LogP contribution in [0.2, 0.25) is 0 Å². The van der Waals surface area contributed by atoms with Crippen LogP contribution in [-0.4, -0.2) is 4.98 Å². The van der Waals surface area contributed by atoms with E-state index in [0.29, 0.717) is 11.1 Å². The fourth-order valence-corrected chi connectivity index (χ4v) is 10.3. The summed E-state index contributed by atoms with van der Waals surface area (Å²) < 4.78 is 7.18. The molecule has 2 heterocycles. The van der Waals surface area contributed by atoms with E-state index < -0.39 is 5.41 Å². The Morgan fingerprint density at radius 1 is 0.500 bits per heavy atom. The molecule has 300 valence electrons. The number of anilines is 6. The predicted molar refractivity (Wildman–Crippen MR) is 256 cm³/mol. The van der Waals surface area contributed by atoms with Crippen molar-refractivity contribution < 1.29 is 4.42 Å². The maximum atomic E-state index is 9.85. The molecule has 10 aromatic rings. The van der Waals surface area contributed by atoms with Gasteiger partial charge in [0, 0.05) is 51.1 Å². The number of hydrogen-bond donors (Lipinski definition) is 0. The van der Waals surface area contributed by atoms with Gasteiger partial charge in [-0.1, -0.05) is 90.0 Å². The molecule has 0 radical (unpaired) electrons. The lowest BCUT2D eigenvalue weighted by atomic mass is 9.70. The van der Waals surface area contributed by atoms with Crippen molar-refractivity contribution in [2.75, 3.05) is 9.80 Å². The Morgan fingerprint density at radius 2 is 1.06 bits per heavy atom. The smallest absolute Gasteiger partial charge is 0.145 e. The van der Waals surface area contributed by atoms with Gasteiger partial charge in [0.1, 0.15) is 11.2 Å². The lowest BCUT2D eigenvalue weighted by Crippen LogP contribution is -2.26. The molecule has 0 amide bonds. The highest BCUT2D eigenvalue weighted by atomic mass is 16.3. The number of furan rings is 1. The number of rotatable bonds is 6. The van der Waals surface area contributed by atoms with Crippen molar-refractivity contribution >= 4 is 56.1 Å². The van der Waals surface area contributed by atoms with E-state index in [1.807, 2.05) is 60.8 Å². The second kappa shape index (κ2) is 14.2. The van der Waals surface area contributed by atoms with Gasteiger partial charge in [-0.3, -0.25) is 4.98 Å². The second-order valence-electron chi connectivity index (χ2n) is 16.7. The Bertz CT molecular complexity index is 3550. The summed E-state index contributed by atoms with van der Waals surface area (Å²) in [5.41, 5.74) is 18.8. The molecule has 1 atom stereocenters. The van der Waals surface area contributed by atoms with Gasteiger partial charge < -0.3 is 14.2 Å². The fourth-order valence-electron chi connectivity index (χ4n) is 10.3. The molecule has 0 N–H and O–H groups in total. The average molecular weight is 820 g/mol. The normalized spacial score (nSPS) is 14.1. The molecule has 2 aliphatic carbocycles. The summed E-state index contributed by atoms with van der Waals surface area (Å²) in [6.07, 6.45) is 1.89. The standard InChI is InChI=1S/C58H37N5O/c1-36-13-21-40(22-14-36)62(41-25-17-38(34-59)18-26-41)44-29-30-45-50(32-44)58(48-10-5-3-8-46(48)56-49(58)11-7-31-61-56)51-33-52(55-47-9-4-6-12-53(47)64-57(55)54(45)51)63(42-23-15-37(2)16-24-42)43-27-19-39(35-60)20-28-43/h3-33H,1-2H3/t58-/m0/s1. The summed E-state index contributed by atoms with van der Waals surface area (Å²) >= 11 is 0. The van der Waals surface area contributed by atoms with Crippen molar-refractivity contribution in [3.05, 3.63) is 233 Å². The zero-order valence-electron chi connectivity index (χ0n) is 35.0. The molecule has 64 heavy (non-hydrogen) atoms. The van der Waals surface area contributed by atoms with E-state index in [2.05, 4.69) is 163 Å². The quantitative estimate of drug-likeness (QED) is 0.166. The van der Waals surface area contributed by atoms with Gasteiger partial charge in [-0.05, 0) is 145 Å². The van der Waals surface area contributed by atoms with E-state index in [4.69, 9.17) is 9.40 Å². The van der Waals surface area contributed by atoms with Crippen LogP contribution in [0, 0.1) is 36.5 Å². The largest absolute Gasteiger partial charge is 0.455 e. The highest BCUT2D eigenvalue weighted by Crippen LogP contribution is 2.65. The molecule has 6 heteroatoms. The van der Waals surface area contributed by atoms with E-state index in [1.165, 1.54) is 5.56 Å². The molecule has 0 unspecified atom stereocenters. The summed E-state index contributed by atoms with van der Waals surface area (Å²) in [7, 11) is 0. The van der Waals surface area contributed by atoms with Crippen LogP contribution in [-0.2, 0) is 5.41 Å². The SMILES string of the molecule is Cc1ccc(N(c2ccc(C#N)cc2)c2ccc3c(c2)[C@@]2(c4ccccc4-c4ncccc42)c2cc(N(c4ccc(C)cc4)c4ccc(C#N)cc4)c4c(oc5ccccc54)c2-3)cc1. The van der Waals surface area contributed by atoms with Gasteiger partial charge in [0.05, 0.1) is 45.4 Å². The second-order valence-corrected chi connectivity index (χ2v) is 16.7. The van der Waals surface area contributed by atoms with Crippen molar-refractivity contribution in [3.63, 3.8) is 0 Å². The van der Waals surface area contributed by atoms with Crippen LogP contribution >= 0.6 is 0 Å². The third-order valence-corrected chi connectivity index (χ3v) is 13.1. The number of aryl methyl sites for hydroxylation is 2. The van der Waals surface area contributed by atoms with Crippen molar-refractivity contribution in [2.24, 2.45) is 0 Å². The van der Waals surface area contributed by atoms with Crippen LogP contribution in [0.25, 0.3) is 44.3 Å². The highest BCUT2D eigenvalue weighted by molar-refractivity contribution is 6.19. The number of nitrogens with zero attached hydrogens (tertiary/aromatic N) is 5. The van der Waals surface area contributed by atoms with Gasteiger partial charge in [-0.15, -0.1) is 0 Å². The minimum atomic E-state index is -0.796. The molecule has 0 fully saturated rings. The molecule has 2 aliphatic rings. The lowest BCUT2D eigenvalue weighted by Gasteiger charge is -2.33. The van der Waals surface area contributed by atoms with Crippen LogP contribution < -0.4 is 9.80 Å². The molecule has 0 bridgehead atoms. The number of fused-ring (bicyclic) bond motifs is 14. The third kappa shape index (κ3) is 5.33. The molecular formula is C58H37N5O. The molecular weight excluding hydrogens is 783 g/mol. The van der Waals surface area contributed by atoms with Gasteiger partial charge in [0.2, 0.25) is 0 Å². The Hall–Kier alpha value is -8.71. The summed E-state index contributed by atoms with van der Waals surface area (Å²) in [6.45, 7) is 4.20. The molecule has 6 nitrogen and oxygen atoms in total. The zero-order chi connectivity index (χ0) is 43.1. The first kappa shape index (κ1) is 37.1. The minimum absolute atomic E-state index is 0.595. The number of benzene rings is 8. The van der Waals surface area contributed by atoms with Crippen LogP contribution in [0.15, 0.2) is 193 Å². The first-order valence-electron chi connectivity index (χ1n) is 21.4. The maximum Gasteiger partial charge on any atom is 0.145 e. The maximum absolute atomic E-state index is 9.85. The number of nitriles is 2.